The second-order valence-electron chi connectivity index (χ2n) is 3.32. The molecule has 0 aromatic carbocycles. The van der Waals surface area contributed by atoms with Crippen LogP contribution < -0.4 is 0 Å². The Balaban J connectivity index is 2.64. The fraction of sp³-hybridized carbons (Fsp3) is 0.667. The maximum atomic E-state index is 4.54. The third-order valence-electron chi connectivity index (χ3n) is 1.55. The summed E-state index contributed by atoms with van der Waals surface area (Å²) in [6.07, 6.45) is 1.03. The minimum Gasteiger partial charge on any atom is -0.246 e. The number of thiazole rings is 1. The maximum absolute atomic E-state index is 4.54. The molecule has 1 atom stereocenters. The highest BCUT2D eigenvalue weighted by Gasteiger charge is 2.06. The van der Waals surface area contributed by atoms with Gasteiger partial charge in [-0.05, 0) is 0 Å². The van der Waals surface area contributed by atoms with E-state index in [-0.39, 0.29) is 0 Å². The van der Waals surface area contributed by atoms with Gasteiger partial charge in [-0.25, -0.2) is 4.98 Å². The molecule has 1 unspecified atom stereocenters. The standard InChI is InChI=1S/C9H14BrNS/c1-6(2)9-11-8(5-12-9)4-7(3)10/h5-7H,4H2,1-3H3. The fourth-order valence-electron chi connectivity index (χ4n) is 0.970. The van der Waals surface area contributed by atoms with Crippen molar-refractivity contribution < 1.29 is 0 Å². The van der Waals surface area contributed by atoms with Crippen LogP contribution in [-0.4, -0.2) is 9.81 Å². The maximum Gasteiger partial charge on any atom is 0.0953 e. The molecule has 1 nitrogen and oxygen atoms in total. The van der Waals surface area contributed by atoms with Crippen molar-refractivity contribution in [1.82, 2.24) is 4.98 Å². The highest BCUT2D eigenvalue weighted by molar-refractivity contribution is 9.09. The minimum atomic E-state index is 0.527. The largest absolute Gasteiger partial charge is 0.246 e. The van der Waals surface area contributed by atoms with Crippen molar-refractivity contribution in [2.75, 3.05) is 0 Å². The molecule has 0 aliphatic rings. The van der Waals surface area contributed by atoms with Crippen molar-refractivity contribution >= 4 is 27.3 Å². The summed E-state index contributed by atoms with van der Waals surface area (Å²) in [5.41, 5.74) is 1.22. The van der Waals surface area contributed by atoms with Crippen LogP contribution in [0.15, 0.2) is 5.38 Å². The Morgan fingerprint density at radius 1 is 1.50 bits per heavy atom. The summed E-state index contributed by atoms with van der Waals surface area (Å²) in [4.78, 5) is 5.07. The van der Waals surface area contributed by atoms with E-state index in [0.29, 0.717) is 10.7 Å². The van der Waals surface area contributed by atoms with E-state index in [4.69, 9.17) is 0 Å². The number of rotatable bonds is 3. The van der Waals surface area contributed by atoms with E-state index in [1.807, 2.05) is 0 Å². The quantitative estimate of drug-likeness (QED) is 0.745. The fourth-order valence-corrected chi connectivity index (χ4v) is 2.15. The second kappa shape index (κ2) is 4.38. The number of aromatic nitrogens is 1. The summed E-state index contributed by atoms with van der Waals surface area (Å²) in [5, 5.41) is 3.41. The zero-order valence-electron chi connectivity index (χ0n) is 7.67. The topological polar surface area (TPSA) is 12.9 Å². The number of hydrogen-bond acceptors (Lipinski definition) is 2. The average molecular weight is 248 g/mol. The summed E-state index contributed by atoms with van der Waals surface area (Å²) < 4.78 is 0. The first-order valence-electron chi connectivity index (χ1n) is 4.18. The molecule has 0 aliphatic carbocycles. The number of hydrogen-bond donors (Lipinski definition) is 0. The van der Waals surface area contributed by atoms with Crippen LogP contribution in [0.3, 0.4) is 0 Å². The molecule has 3 heteroatoms. The molecule has 0 aliphatic heterocycles. The lowest BCUT2D eigenvalue weighted by Crippen LogP contribution is -1.97. The predicted octanol–water partition coefficient (Wildman–Crippen LogP) is 3.59. The summed E-state index contributed by atoms with van der Waals surface area (Å²) in [6.45, 7) is 6.51. The number of nitrogens with zero attached hydrogens (tertiary/aromatic N) is 1. The Kier molecular flexibility index (Phi) is 3.72. The lowest BCUT2D eigenvalue weighted by atomic mass is 10.2. The van der Waals surface area contributed by atoms with E-state index in [0.717, 1.165) is 6.42 Å². The van der Waals surface area contributed by atoms with Crippen molar-refractivity contribution in [2.24, 2.45) is 0 Å². The highest BCUT2D eigenvalue weighted by Crippen LogP contribution is 2.20. The van der Waals surface area contributed by atoms with E-state index >= 15 is 0 Å². The van der Waals surface area contributed by atoms with Gasteiger partial charge in [-0.15, -0.1) is 11.3 Å². The highest BCUT2D eigenvalue weighted by atomic mass is 79.9. The average Bonchev–Trinajstić information content (AvgIpc) is 2.34. The van der Waals surface area contributed by atoms with Gasteiger partial charge in [0.25, 0.3) is 0 Å². The first-order valence-corrected chi connectivity index (χ1v) is 5.97. The van der Waals surface area contributed by atoms with Gasteiger partial charge in [0, 0.05) is 22.5 Å². The molecule has 0 fully saturated rings. The van der Waals surface area contributed by atoms with Crippen molar-refractivity contribution in [2.45, 2.75) is 37.9 Å². The molecule has 1 rings (SSSR count). The van der Waals surface area contributed by atoms with Gasteiger partial charge in [-0.3, -0.25) is 0 Å². The minimum absolute atomic E-state index is 0.527. The molecule has 0 bridgehead atoms. The molecule has 1 aromatic heterocycles. The van der Waals surface area contributed by atoms with Crippen molar-refractivity contribution in [3.05, 3.63) is 16.1 Å². The molecule has 1 aromatic rings. The molecule has 1 heterocycles. The summed E-state index contributed by atoms with van der Waals surface area (Å²) >= 11 is 5.29. The smallest absolute Gasteiger partial charge is 0.0953 e. The lowest BCUT2D eigenvalue weighted by molar-refractivity contribution is 0.829. The van der Waals surface area contributed by atoms with E-state index in [1.165, 1.54) is 10.7 Å². The van der Waals surface area contributed by atoms with E-state index in [2.05, 4.69) is 47.1 Å². The summed E-state index contributed by atoms with van der Waals surface area (Å²) in [6, 6.07) is 0. The van der Waals surface area contributed by atoms with Crippen LogP contribution in [0.2, 0.25) is 0 Å². The molecular formula is C9H14BrNS. The zero-order valence-corrected chi connectivity index (χ0v) is 10.1. The van der Waals surface area contributed by atoms with E-state index in [1.54, 1.807) is 11.3 Å². The van der Waals surface area contributed by atoms with Gasteiger partial charge < -0.3 is 0 Å². The molecule has 0 radical (unpaired) electrons. The van der Waals surface area contributed by atoms with E-state index < -0.39 is 0 Å². The van der Waals surface area contributed by atoms with E-state index in [9.17, 15) is 0 Å². The van der Waals surface area contributed by atoms with Crippen LogP contribution in [0.5, 0.6) is 0 Å². The molecular weight excluding hydrogens is 234 g/mol. The Bertz CT molecular complexity index is 242. The van der Waals surface area contributed by atoms with Gasteiger partial charge in [-0.1, -0.05) is 36.7 Å². The molecule has 0 saturated carbocycles. The number of alkyl halides is 1. The Labute approximate surface area is 86.3 Å². The first-order chi connectivity index (χ1) is 5.59. The zero-order chi connectivity index (χ0) is 9.14. The Hall–Kier alpha value is 0.110. The first kappa shape index (κ1) is 10.2. The molecule has 0 saturated heterocycles. The third-order valence-corrected chi connectivity index (χ3v) is 3.07. The van der Waals surface area contributed by atoms with Crippen LogP contribution >= 0.6 is 27.3 Å². The summed E-state index contributed by atoms with van der Waals surface area (Å²) in [7, 11) is 0. The lowest BCUT2D eigenvalue weighted by Gasteiger charge is -1.99. The van der Waals surface area contributed by atoms with Crippen molar-refractivity contribution in [3.8, 4) is 0 Å². The third kappa shape index (κ3) is 2.87. The van der Waals surface area contributed by atoms with Crippen LogP contribution in [0.1, 0.15) is 37.4 Å². The Morgan fingerprint density at radius 3 is 2.58 bits per heavy atom. The molecule has 0 amide bonds. The Morgan fingerprint density at radius 2 is 2.17 bits per heavy atom. The molecule has 0 spiro atoms. The second-order valence-corrected chi connectivity index (χ2v) is 5.77. The predicted molar refractivity (Wildman–Crippen MR) is 58.3 cm³/mol. The van der Waals surface area contributed by atoms with Crippen LogP contribution in [-0.2, 0) is 6.42 Å². The monoisotopic (exact) mass is 247 g/mol. The van der Waals surface area contributed by atoms with Gasteiger partial charge in [0.1, 0.15) is 0 Å². The van der Waals surface area contributed by atoms with Crippen LogP contribution in [0, 0.1) is 0 Å². The summed E-state index contributed by atoms with van der Waals surface area (Å²) in [5.74, 6) is 0.564. The normalized spacial score (nSPS) is 13.8. The number of halogens is 1. The van der Waals surface area contributed by atoms with Crippen molar-refractivity contribution in [3.63, 3.8) is 0 Å². The van der Waals surface area contributed by atoms with Crippen LogP contribution in [0.25, 0.3) is 0 Å². The van der Waals surface area contributed by atoms with Crippen molar-refractivity contribution in [1.29, 1.82) is 0 Å². The molecule has 0 N–H and O–H groups in total. The van der Waals surface area contributed by atoms with Gasteiger partial charge in [0.05, 0.1) is 10.7 Å². The van der Waals surface area contributed by atoms with Gasteiger partial charge >= 0.3 is 0 Å². The van der Waals surface area contributed by atoms with Gasteiger partial charge in [0.2, 0.25) is 0 Å². The van der Waals surface area contributed by atoms with Gasteiger partial charge in [-0.2, -0.15) is 0 Å². The molecule has 12 heavy (non-hydrogen) atoms. The van der Waals surface area contributed by atoms with Gasteiger partial charge in [0.15, 0.2) is 0 Å². The SMILES string of the molecule is CC(Br)Cc1csc(C(C)C)n1. The van der Waals surface area contributed by atoms with Crippen LogP contribution in [0.4, 0.5) is 0 Å². The molecule has 68 valence electrons.